The van der Waals surface area contributed by atoms with Crippen molar-refractivity contribution in [1.29, 1.82) is 0 Å². The highest BCUT2D eigenvalue weighted by Gasteiger charge is 2.09. The maximum absolute atomic E-state index is 11.8. The van der Waals surface area contributed by atoms with E-state index >= 15 is 0 Å². The number of ether oxygens (including phenoxy) is 1. The summed E-state index contributed by atoms with van der Waals surface area (Å²) in [5, 5.41) is 13.4. The van der Waals surface area contributed by atoms with E-state index in [-0.39, 0.29) is 11.5 Å². The summed E-state index contributed by atoms with van der Waals surface area (Å²) in [5.41, 5.74) is 3.72. The summed E-state index contributed by atoms with van der Waals surface area (Å²) in [4.78, 5) is 23.5. The van der Waals surface area contributed by atoms with E-state index in [2.05, 4.69) is 10.5 Å². The van der Waals surface area contributed by atoms with Crippen molar-refractivity contribution in [2.45, 2.75) is 13.8 Å². The average molecular weight is 367 g/mol. The second-order valence-corrected chi connectivity index (χ2v) is 6.42. The van der Waals surface area contributed by atoms with Crippen molar-refractivity contribution in [3.05, 3.63) is 50.7 Å². The number of thiophene rings is 1. The van der Waals surface area contributed by atoms with Gasteiger partial charge >= 0.3 is 5.97 Å². The normalized spacial score (nSPS) is 11.2. The molecule has 0 unspecified atom stereocenters. The van der Waals surface area contributed by atoms with Gasteiger partial charge in [-0.05, 0) is 49.7 Å². The number of carbonyl (C=O) groups excluding carboxylic acids is 1. The Hall–Kier alpha value is -2.38. The van der Waals surface area contributed by atoms with E-state index in [0.717, 1.165) is 16.9 Å². The van der Waals surface area contributed by atoms with E-state index in [4.69, 9.17) is 21.4 Å². The molecule has 0 saturated heterocycles. The van der Waals surface area contributed by atoms with Crippen LogP contribution in [0, 0.1) is 6.92 Å². The van der Waals surface area contributed by atoms with E-state index in [1.54, 1.807) is 31.2 Å². The Bertz CT molecular complexity index is 801. The molecule has 8 heteroatoms. The summed E-state index contributed by atoms with van der Waals surface area (Å²) < 4.78 is 5.41. The van der Waals surface area contributed by atoms with Crippen LogP contribution in [0.2, 0.25) is 5.02 Å². The molecule has 0 radical (unpaired) electrons. The molecule has 1 heterocycles. The van der Waals surface area contributed by atoms with Gasteiger partial charge in [-0.1, -0.05) is 11.6 Å². The molecular formula is C16H15ClN2O4S. The number of hydrogen-bond donors (Lipinski definition) is 2. The van der Waals surface area contributed by atoms with Crippen LogP contribution in [0.4, 0.5) is 0 Å². The van der Waals surface area contributed by atoms with Gasteiger partial charge in [0.1, 0.15) is 10.6 Å². The fourth-order valence-corrected chi connectivity index (χ4v) is 2.82. The van der Waals surface area contributed by atoms with Crippen LogP contribution >= 0.6 is 22.9 Å². The average Bonchev–Trinajstić information content (AvgIpc) is 3.02. The van der Waals surface area contributed by atoms with Crippen molar-refractivity contribution >= 4 is 40.5 Å². The molecule has 0 saturated carbocycles. The highest BCUT2D eigenvalue weighted by Crippen LogP contribution is 2.21. The first-order valence-electron chi connectivity index (χ1n) is 6.92. The second kappa shape index (κ2) is 7.94. The molecule has 126 valence electrons. The number of amides is 1. The fourth-order valence-electron chi connectivity index (χ4n) is 1.80. The van der Waals surface area contributed by atoms with Crippen LogP contribution in [0.15, 0.2) is 35.4 Å². The third-order valence-electron chi connectivity index (χ3n) is 3.02. The summed E-state index contributed by atoms with van der Waals surface area (Å²) in [5.74, 6) is -0.840. The van der Waals surface area contributed by atoms with Gasteiger partial charge in [0, 0.05) is 5.02 Å². The third kappa shape index (κ3) is 4.81. The van der Waals surface area contributed by atoms with Crippen LogP contribution in [0.1, 0.15) is 27.0 Å². The van der Waals surface area contributed by atoms with Crippen molar-refractivity contribution in [3.8, 4) is 5.75 Å². The summed E-state index contributed by atoms with van der Waals surface area (Å²) >= 11 is 6.94. The van der Waals surface area contributed by atoms with Gasteiger partial charge in [0.05, 0.1) is 10.6 Å². The number of carboxylic acids is 1. The number of rotatable bonds is 6. The van der Waals surface area contributed by atoms with E-state index in [1.807, 2.05) is 6.92 Å². The molecule has 2 aromatic rings. The van der Waals surface area contributed by atoms with Crippen molar-refractivity contribution in [2.24, 2.45) is 5.10 Å². The topological polar surface area (TPSA) is 88.0 Å². The number of aryl methyl sites for hydroxylation is 1. The lowest BCUT2D eigenvalue weighted by atomic mass is 10.2. The van der Waals surface area contributed by atoms with Crippen LogP contribution in [0.3, 0.4) is 0 Å². The van der Waals surface area contributed by atoms with Crippen LogP contribution in [0.25, 0.3) is 0 Å². The molecule has 6 nitrogen and oxygen atoms in total. The highest BCUT2D eigenvalue weighted by atomic mass is 35.5. The summed E-state index contributed by atoms with van der Waals surface area (Å²) in [7, 11) is 0. The van der Waals surface area contributed by atoms with Crippen LogP contribution in [-0.4, -0.2) is 29.3 Å². The molecule has 24 heavy (non-hydrogen) atoms. The Balaban J connectivity index is 1.90. The minimum atomic E-state index is -0.991. The lowest BCUT2D eigenvalue weighted by Gasteiger charge is -2.08. The zero-order chi connectivity index (χ0) is 17.7. The number of carboxylic acid groups (broad SMARTS) is 1. The molecular weight excluding hydrogens is 352 g/mol. The number of carbonyl (C=O) groups is 2. The summed E-state index contributed by atoms with van der Waals surface area (Å²) in [6.45, 7) is 3.32. The van der Waals surface area contributed by atoms with E-state index < -0.39 is 11.9 Å². The smallest absolute Gasteiger partial charge is 0.345 e. The lowest BCUT2D eigenvalue weighted by Crippen LogP contribution is -2.25. The molecule has 0 aliphatic heterocycles. The third-order valence-corrected chi connectivity index (χ3v) is 4.43. The molecule has 2 rings (SSSR count). The zero-order valence-electron chi connectivity index (χ0n) is 13.0. The Morgan fingerprint density at radius 2 is 2.00 bits per heavy atom. The van der Waals surface area contributed by atoms with Crippen molar-refractivity contribution in [2.75, 3.05) is 6.61 Å². The molecule has 2 N–H and O–H groups in total. The molecule has 0 bridgehead atoms. The van der Waals surface area contributed by atoms with Gasteiger partial charge in [0.2, 0.25) is 0 Å². The van der Waals surface area contributed by atoms with Gasteiger partial charge in [0.25, 0.3) is 5.91 Å². The predicted molar refractivity (Wildman–Crippen MR) is 93.3 cm³/mol. The van der Waals surface area contributed by atoms with Crippen molar-refractivity contribution in [1.82, 2.24) is 5.43 Å². The predicted octanol–water partition coefficient (Wildman–Crippen LogP) is 3.33. The maximum atomic E-state index is 11.8. The first kappa shape index (κ1) is 18.0. The Morgan fingerprint density at radius 1 is 1.29 bits per heavy atom. The molecule has 0 fully saturated rings. The number of nitrogens with zero attached hydrogens (tertiary/aromatic N) is 1. The Morgan fingerprint density at radius 3 is 2.62 bits per heavy atom. The SMILES string of the molecule is C/C(=N/NC(=O)COc1ccc(Cl)cc1C)c1ccc(C(=O)O)s1. The monoisotopic (exact) mass is 366 g/mol. The number of hydrazone groups is 1. The van der Waals surface area contributed by atoms with Crippen LogP contribution < -0.4 is 10.2 Å². The van der Waals surface area contributed by atoms with Crippen molar-refractivity contribution in [3.63, 3.8) is 0 Å². The van der Waals surface area contributed by atoms with E-state index in [9.17, 15) is 9.59 Å². The maximum Gasteiger partial charge on any atom is 0.345 e. The van der Waals surface area contributed by atoms with E-state index in [0.29, 0.717) is 21.4 Å². The van der Waals surface area contributed by atoms with Gasteiger partial charge in [-0.2, -0.15) is 5.10 Å². The largest absolute Gasteiger partial charge is 0.483 e. The van der Waals surface area contributed by atoms with Crippen LogP contribution in [-0.2, 0) is 4.79 Å². The molecule has 0 aliphatic carbocycles. The van der Waals surface area contributed by atoms with Crippen molar-refractivity contribution < 1.29 is 19.4 Å². The summed E-state index contributed by atoms with van der Waals surface area (Å²) in [6, 6.07) is 8.26. The number of aromatic carboxylic acids is 1. The fraction of sp³-hybridized carbons (Fsp3) is 0.188. The first-order valence-corrected chi connectivity index (χ1v) is 8.12. The molecule has 0 aliphatic rings. The Kier molecular flexibility index (Phi) is 5.94. The molecule has 1 aromatic heterocycles. The van der Waals surface area contributed by atoms with Gasteiger partial charge in [-0.25, -0.2) is 10.2 Å². The second-order valence-electron chi connectivity index (χ2n) is 4.90. The Labute approximate surface area is 147 Å². The number of nitrogens with one attached hydrogen (secondary N) is 1. The standard InChI is InChI=1S/C16H15ClN2O4S/c1-9-7-11(17)3-4-12(9)23-8-15(20)19-18-10(2)13-5-6-14(24-13)16(21)22/h3-7H,8H2,1-2H3,(H,19,20)(H,21,22)/b18-10-. The highest BCUT2D eigenvalue weighted by molar-refractivity contribution is 7.15. The molecule has 1 amide bonds. The van der Waals surface area contributed by atoms with Crippen LogP contribution in [0.5, 0.6) is 5.75 Å². The quantitative estimate of drug-likeness (QED) is 0.606. The first-order chi connectivity index (χ1) is 11.4. The van der Waals surface area contributed by atoms with Gasteiger partial charge in [-0.3, -0.25) is 4.79 Å². The zero-order valence-corrected chi connectivity index (χ0v) is 14.6. The molecule has 0 spiro atoms. The lowest BCUT2D eigenvalue weighted by molar-refractivity contribution is -0.123. The minimum Gasteiger partial charge on any atom is -0.483 e. The minimum absolute atomic E-state index is 0.190. The van der Waals surface area contributed by atoms with Gasteiger partial charge in [0.15, 0.2) is 6.61 Å². The van der Waals surface area contributed by atoms with E-state index in [1.165, 1.54) is 6.07 Å². The number of hydrogen-bond acceptors (Lipinski definition) is 5. The van der Waals surface area contributed by atoms with Gasteiger partial charge in [-0.15, -0.1) is 11.3 Å². The number of halogens is 1. The molecule has 1 aromatic carbocycles. The number of benzene rings is 1. The van der Waals surface area contributed by atoms with Gasteiger partial charge < -0.3 is 9.84 Å². The summed E-state index contributed by atoms with van der Waals surface area (Å²) in [6.07, 6.45) is 0. The molecule has 0 atom stereocenters.